The lowest BCUT2D eigenvalue weighted by Gasteiger charge is -2.25. The van der Waals surface area contributed by atoms with Crippen LogP contribution in [-0.2, 0) is 18.1 Å². The van der Waals surface area contributed by atoms with E-state index in [9.17, 15) is 13.2 Å². The van der Waals surface area contributed by atoms with Gasteiger partial charge in [-0.1, -0.05) is 24.3 Å². The van der Waals surface area contributed by atoms with Gasteiger partial charge in [0.05, 0.1) is 12.0 Å². The van der Waals surface area contributed by atoms with Gasteiger partial charge in [-0.3, -0.25) is 4.98 Å². The van der Waals surface area contributed by atoms with Gasteiger partial charge in [-0.2, -0.15) is 13.2 Å². The highest BCUT2D eigenvalue weighted by molar-refractivity contribution is 5.73. The van der Waals surface area contributed by atoms with Gasteiger partial charge in [-0.25, -0.2) is 0 Å². The van der Waals surface area contributed by atoms with E-state index in [0.717, 1.165) is 39.8 Å². The fraction of sp³-hybridized carbons (Fsp3) is 0.192. The molecule has 4 heterocycles. The van der Waals surface area contributed by atoms with Gasteiger partial charge >= 0.3 is 6.18 Å². The van der Waals surface area contributed by atoms with Gasteiger partial charge in [0, 0.05) is 30.2 Å². The molecule has 0 fully saturated rings. The van der Waals surface area contributed by atoms with E-state index < -0.39 is 17.4 Å². The second kappa shape index (κ2) is 7.13. The lowest BCUT2D eigenvalue weighted by atomic mass is 9.77. The molecule has 2 aliphatic rings. The predicted molar refractivity (Wildman–Crippen MR) is 117 cm³/mol. The SMILES string of the molecule is FC(F)(F)c1ccc(CN2CC3(COc4ccc(-c5ccncc5)cc43)c3ccccc32)o1. The van der Waals surface area contributed by atoms with E-state index in [0.29, 0.717) is 13.2 Å². The third-order valence-electron chi connectivity index (χ3n) is 6.49. The average Bonchev–Trinajstić information content (AvgIpc) is 3.52. The zero-order chi connectivity index (χ0) is 22.6. The molecular formula is C26H19F3N2O2. The number of para-hydroxylation sites is 1. The Hall–Kier alpha value is -3.74. The zero-order valence-electron chi connectivity index (χ0n) is 17.5. The molecule has 33 heavy (non-hydrogen) atoms. The van der Waals surface area contributed by atoms with E-state index in [4.69, 9.17) is 9.15 Å². The number of halogens is 3. The minimum atomic E-state index is -4.50. The molecule has 0 amide bonds. The number of aromatic nitrogens is 1. The molecule has 6 rings (SSSR count). The predicted octanol–water partition coefficient (Wildman–Crippen LogP) is 6.06. The number of ether oxygens (including phenoxy) is 1. The highest BCUT2D eigenvalue weighted by Crippen LogP contribution is 2.52. The third kappa shape index (κ3) is 3.18. The van der Waals surface area contributed by atoms with Crippen LogP contribution in [0.4, 0.5) is 18.9 Å². The molecule has 0 saturated carbocycles. The summed E-state index contributed by atoms with van der Waals surface area (Å²) in [7, 11) is 0. The van der Waals surface area contributed by atoms with Crippen LogP contribution in [0.15, 0.2) is 83.5 Å². The molecule has 4 nitrogen and oxygen atoms in total. The van der Waals surface area contributed by atoms with Crippen molar-refractivity contribution >= 4 is 5.69 Å². The van der Waals surface area contributed by atoms with Crippen molar-refractivity contribution in [2.24, 2.45) is 0 Å². The number of alkyl halides is 3. The van der Waals surface area contributed by atoms with E-state index in [1.165, 1.54) is 6.07 Å². The number of anilines is 1. The molecule has 0 saturated heterocycles. The second-order valence-electron chi connectivity index (χ2n) is 8.45. The topological polar surface area (TPSA) is 38.5 Å². The summed E-state index contributed by atoms with van der Waals surface area (Å²) in [5, 5.41) is 0. The molecular weight excluding hydrogens is 429 g/mol. The van der Waals surface area contributed by atoms with Gasteiger partial charge in [-0.05, 0) is 59.2 Å². The Bertz CT molecular complexity index is 1330. The Balaban J connectivity index is 1.40. The number of nitrogens with zero attached hydrogens (tertiary/aromatic N) is 2. The quantitative estimate of drug-likeness (QED) is 0.382. The van der Waals surface area contributed by atoms with Crippen molar-refractivity contribution in [2.75, 3.05) is 18.1 Å². The molecule has 0 radical (unpaired) electrons. The summed E-state index contributed by atoms with van der Waals surface area (Å²) in [6.45, 7) is 1.30. The molecule has 0 bridgehead atoms. The molecule has 0 N–H and O–H groups in total. The summed E-state index contributed by atoms with van der Waals surface area (Å²) < 4.78 is 50.3. The van der Waals surface area contributed by atoms with Crippen molar-refractivity contribution in [1.29, 1.82) is 0 Å². The second-order valence-corrected chi connectivity index (χ2v) is 8.45. The first-order valence-electron chi connectivity index (χ1n) is 10.6. The number of rotatable bonds is 3. The van der Waals surface area contributed by atoms with E-state index in [1.807, 2.05) is 42.5 Å². The molecule has 0 aliphatic carbocycles. The summed E-state index contributed by atoms with van der Waals surface area (Å²) >= 11 is 0. The number of hydrogen-bond donors (Lipinski definition) is 0. The smallest absolute Gasteiger partial charge is 0.449 e. The maximum absolute atomic E-state index is 13.0. The van der Waals surface area contributed by atoms with Crippen LogP contribution in [0, 0.1) is 0 Å². The van der Waals surface area contributed by atoms with Crippen LogP contribution in [0.3, 0.4) is 0 Å². The van der Waals surface area contributed by atoms with Crippen LogP contribution in [0.5, 0.6) is 5.75 Å². The van der Waals surface area contributed by atoms with E-state index in [-0.39, 0.29) is 12.3 Å². The highest BCUT2D eigenvalue weighted by atomic mass is 19.4. The van der Waals surface area contributed by atoms with E-state index >= 15 is 0 Å². The van der Waals surface area contributed by atoms with Gasteiger partial charge < -0.3 is 14.1 Å². The molecule has 2 aromatic heterocycles. The first-order valence-corrected chi connectivity index (χ1v) is 10.6. The van der Waals surface area contributed by atoms with E-state index in [2.05, 4.69) is 22.0 Å². The summed E-state index contributed by atoms with van der Waals surface area (Å²) in [6.07, 6.45) is -0.968. The minimum absolute atomic E-state index is 0.244. The van der Waals surface area contributed by atoms with Gasteiger partial charge in [0.1, 0.15) is 18.1 Å². The Morgan fingerprint density at radius 3 is 2.52 bits per heavy atom. The molecule has 4 aromatic rings. The highest BCUT2D eigenvalue weighted by Gasteiger charge is 2.50. The van der Waals surface area contributed by atoms with Gasteiger partial charge in [0.25, 0.3) is 0 Å². The van der Waals surface area contributed by atoms with E-state index in [1.54, 1.807) is 12.4 Å². The van der Waals surface area contributed by atoms with Crippen molar-refractivity contribution in [3.63, 3.8) is 0 Å². The molecule has 166 valence electrons. The van der Waals surface area contributed by atoms with Crippen molar-refractivity contribution < 1.29 is 22.3 Å². The Kier molecular flexibility index (Phi) is 4.30. The van der Waals surface area contributed by atoms with Crippen LogP contribution in [0.1, 0.15) is 22.6 Å². The van der Waals surface area contributed by atoms with Crippen LogP contribution in [0.2, 0.25) is 0 Å². The first kappa shape index (κ1) is 19.9. The summed E-state index contributed by atoms with van der Waals surface area (Å²) in [5.41, 5.74) is 4.90. The lowest BCUT2D eigenvalue weighted by molar-refractivity contribution is -0.153. The Morgan fingerprint density at radius 2 is 1.73 bits per heavy atom. The lowest BCUT2D eigenvalue weighted by Crippen LogP contribution is -2.35. The Labute approximate surface area is 188 Å². The van der Waals surface area contributed by atoms with Crippen LogP contribution < -0.4 is 9.64 Å². The van der Waals surface area contributed by atoms with Gasteiger partial charge in [-0.15, -0.1) is 0 Å². The molecule has 2 aromatic carbocycles. The summed E-state index contributed by atoms with van der Waals surface area (Å²) in [6, 6.07) is 20.5. The molecule has 7 heteroatoms. The average molecular weight is 448 g/mol. The maximum atomic E-state index is 13.0. The van der Waals surface area contributed by atoms with Crippen molar-refractivity contribution in [1.82, 2.24) is 4.98 Å². The number of benzene rings is 2. The van der Waals surface area contributed by atoms with Gasteiger partial charge in [0.15, 0.2) is 0 Å². The molecule has 1 atom stereocenters. The number of pyridine rings is 1. The largest absolute Gasteiger partial charge is 0.492 e. The molecule has 1 spiro atoms. The molecule has 2 aliphatic heterocycles. The number of fused-ring (bicyclic) bond motifs is 4. The number of furan rings is 1. The zero-order valence-corrected chi connectivity index (χ0v) is 17.5. The van der Waals surface area contributed by atoms with Crippen LogP contribution in [0.25, 0.3) is 11.1 Å². The standard InChI is InChI=1S/C26H19F3N2O2/c27-26(28,29)24-8-6-19(33-24)14-31-15-25(20-3-1-2-4-22(20)31)16-32-23-7-5-18(13-21(23)25)17-9-11-30-12-10-17/h1-13H,14-16H2. The van der Waals surface area contributed by atoms with Crippen LogP contribution in [-0.4, -0.2) is 18.1 Å². The van der Waals surface area contributed by atoms with Crippen molar-refractivity contribution in [3.8, 4) is 16.9 Å². The minimum Gasteiger partial charge on any atom is -0.492 e. The maximum Gasteiger partial charge on any atom is 0.449 e. The summed E-state index contributed by atoms with van der Waals surface area (Å²) in [5.74, 6) is 0.136. The fourth-order valence-corrected chi connectivity index (χ4v) is 4.98. The third-order valence-corrected chi connectivity index (χ3v) is 6.49. The van der Waals surface area contributed by atoms with Crippen LogP contribution >= 0.6 is 0 Å². The number of hydrogen-bond acceptors (Lipinski definition) is 4. The van der Waals surface area contributed by atoms with Crippen molar-refractivity contribution in [3.05, 3.63) is 102 Å². The molecule has 1 unspecified atom stereocenters. The monoisotopic (exact) mass is 448 g/mol. The Morgan fingerprint density at radius 1 is 0.909 bits per heavy atom. The fourth-order valence-electron chi connectivity index (χ4n) is 4.98. The first-order chi connectivity index (χ1) is 15.9. The normalized spacial score (nSPS) is 18.9. The van der Waals surface area contributed by atoms with Gasteiger partial charge in [0.2, 0.25) is 5.76 Å². The summed E-state index contributed by atoms with van der Waals surface area (Å²) in [4.78, 5) is 6.18. The van der Waals surface area contributed by atoms with Crippen molar-refractivity contribution in [2.45, 2.75) is 18.1 Å².